The summed E-state index contributed by atoms with van der Waals surface area (Å²) in [6.07, 6.45) is 1.90. The number of hydrogen-bond donors (Lipinski definition) is 3. The van der Waals surface area contributed by atoms with Crippen LogP contribution in [0.2, 0.25) is 0 Å². The third-order valence-electron chi connectivity index (χ3n) is 3.35. The van der Waals surface area contributed by atoms with Crippen molar-refractivity contribution in [2.24, 2.45) is 10.8 Å². The summed E-state index contributed by atoms with van der Waals surface area (Å²) in [5.74, 6) is -0.347. The number of carbonyl (C=O) groups excluding carboxylic acids is 2. The normalized spacial score (nSPS) is 18.9. The van der Waals surface area contributed by atoms with Crippen molar-refractivity contribution in [2.45, 2.75) is 46.6 Å². The maximum atomic E-state index is 11.8. The first-order chi connectivity index (χ1) is 8.20. The van der Waals surface area contributed by atoms with E-state index in [0.29, 0.717) is 6.54 Å². The molecule has 0 aliphatic heterocycles. The van der Waals surface area contributed by atoms with Crippen LogP contribution in [0.3, 0.4) is 0 Å². The van der Waals surface area contributed by atoms with Crippen LogP contribution in [0.1, 0.15) is 40.5 Å². The van der Waals surface area contributed by atoms with Gasteiger partial charge in [-0.2, -0.15) is 0 Å². The Hall–Kier alpha value is -1.10. The largest absolute Gasteiger partial charge is 0.396 e. The van der Waals surface area contributed by atoms with Gasteiger partial charge in [-0.25, -0.2) is 0 Å². The van der Waals surface area contributed by atoms with Crippen LogP contribution in [0.4, 0.5) is 0 Å². The zero-order valence-corrected chi connectivity index (χ0v) is 11.7. The van der Waals surface area contributed by atoms with Crippen molar-refractivity contribution in [3.05, 3.63) is 0 Å². The lowest BCUT2D eigenvalue weighted by Gasteiger charge is -2.22. The highest BCUT2D eigenvalue weighted by atomic mass is 16.3. The molecule has 0 aromatic carbocycles. The summed E-state index contributed by atoms with van der Waals surface area (Å²) in [6, 6.07) is -0.550. The second-order valence-corrected chi connectivity index (χ2v) is 6.32. The Balaban J connectivity index is 2.35. The molecule has 18 heavy (non-hydrogen) atoms. The second-order valence-electron chi connectivity index (χ2n) is 6.32. The summed E-state index contributed by atoms with van der Waals surface area (Å²) < 4.78 is 0. The van der Waals surface area contributed by atoms with Crippen molar-refractivity contribution in [3.63, 3.8) is 0 Å². The molecule has 1 aliphatic carbocycles. The SMILES string of the molecule is CC(NC(=O)C(C)(C)C)C(=O)NCC1(CO)CC1. The van der Waals surface area contributed by atoms with E-state index in [1.807, 2.05) is 0 Å². The Morgan fingerprint density at radius 2 is 1.89 bits per heavy atom. The molecular formula is C13H24N2O3. The second kappa shape index (κ2) is 5.26. The Bertz CT molecular complexity index is 330. The van der Waals surface area contributed by atoms with Crippen LogP contribution in [-0.2, 0) is 9.59 Å². The maximum absolute atomic E-state index is 11.8. The summed E-state index contributed by atoms with van der Waals surface area (Å²) >= 11 is 0. The summed E-state index contributed by atoms with van der Waals surface area (Å²) in [7, 11) is 0. The fourth-order valence-corrected chi connectivity index (χ4v) is 1.47. The zero-order chi connectivity index (χ0) is 14.0. The van der Waals surface area contributed by atoms with Crippen molar-refractivity contribution >= 4 is 11.8 Å². The molecule has 1 fully saturated rings. The van der Waals surface area contributed by atoms with Gasteiger partial charge in [0.2, 0.25) is 11.8 Å². The standard InChI is InChI=1S/C13H24N2O3/c1-9(15-11(18)12(2,3)4)10(17)14-7-13(8-16)5-6-13/h9,16H,5-8H2,1-4H3,(H,14,17)(H,15,18). The van der Waals surface area contributed by atoms with Crippen LogP contribution < -0.4 is 10.6 Å². The Kier molecular flexibility index (Phi) is 4.37. The molecule has 0 aromatic heterocycles. The molecule has 1 unspecified atom stereocenters. The van der Waals surface area contributed by atoms with Gasteiger partial charge in [0.15, 0.2) is 0 Å². The molecule has 0 radical (unpaired) electrons. The van der Waals surface area contributed by atoms with Gasteiger partial charge in [0.25, 0.3) is 0 Å². The van der Waals surface area contributed by atoms with Crippen LogP contribution in [0.5, 0.6) is 0 Å². The van der Waals surface area contributed by atoms with Gasteiger partial charge in [0.05, 0.1) is 6.61 Å². The average molecular weight is 256 g/mol. The minimum atomic E-state index is -0.550. The van der Waals surface area contributed by atoms with E-state index < -0.39 is 11.5 Å². The predicted molar refractivity (Wildman–Crippen MR) is 68.8 cm³/mol. The molecule has 104 valence electrons. The van der Waals surface area contributed by atoms with Crippen molar-refractivity contribution in [3.8, 4) is 0 Å². The third-order valence-corrected chi connectivity index (χ3v) is 3.35. The molecule has 1 atom stereocenters. The van der Waals surface area contributed by atoms with Crippen LogP contribution in [0.25, 0.3) is 0 Å². The minimum Gasteiger partial charge on any atom is -0.396 e. The highest BCUT2D eigenvalue weighted by Gasteiger charge is 2.42. The molecule has 0 bridgehead atoms. The number of carbonyl (C=O) groups is 2. The summed E-state index contributed by atoms with van der Waals surface area (Å²) in [5, 5.41) is 14.6. The van der Waals surface area contributed by atoms with Crippen molar-refractivity contribution < 1.29 is 14.7 Å². The lowest BCUT2D eigenvalue weighted by molar-refractivity contribution is -0.133. The summed E-state index contributed by atoms with van der Waals surface area (Å²) in [5.41, 5.74) is -0.610. The molecule has 1 aliphatic rings. The van der Waals surface area contributed by atoms with Gasteiger partial charge in [-0.15, -0.1) is 0 Å². The van der Waals surface area contributed by atoms with Gasteiger partial charge in [0, 0.05) is 17.4 Å². The Labute approximate surface area is 108 Å². The first-order valence-corrected chi connectivity index (χ1v) is 6.40. The molecule has 1 rings (SSSR count). The Morgan fingerprint density at radius 1 is 1.33 bits per heavy atom. The molecule has 5 nitrogen and oxygen atoms in total. The van der Waals surface area contributed by atoms with Crippen LogP contribution in [0, 0.1) is 10.8 Å². The van der Waals surface area contributed by atoms with Gasteiger partial charge in [-0.3, -0.25) is 9.59 Å². The van der Waals surface area contributed by atoms with E-state index in [0.717, 1.165) is 12.8 Å². The van der Waals surface area contributed by atoms with Gasteiger partial charge in [0.1, 0.15) is 6.04 Å². The van der Waals surface area contributed by atoms with Crippen molar-refractivity contribution in [1.29, 1.82) is 0 Å². The topological polar surface area (TPSA) is 78.4 Å². The number of nitrogens with one attached hydrogen (secondary N) is 2. The fraction of sp³-hybridized carbons (Fsp3) is 0.846. The number of rotatable bonds is 5. The van der Waals surface area contributed by atoms with E-state index in [4.69, 9.17) is 5.11 Å². The highest BCUT2D eigenvalue weighted by Crippen LogP contribution is 2.44. The number of amides is 2. The number of hydrogen-bond acceptors (Lipinski definition) is 3. The molecule has 5 heteroatoms. The van der Waals surface area contributed by atoms with Crippen molar-refractivity contribution in [2.75, 3.05) is 13.2 Å². The molecule has 0 saturated heterocycles. The molecule has 3 N–H and O–H groups in total. The van der Waals surface area contributed by atoms with Crippen LogP contribution in [0.15, 0.2) is 0 Å². The third kappa shape index (κ3) is 3.98. The molecule has 0 spiro atoms. The monoisotopic (exact) mass is 256 g/mol. The molecule has 2 amide bonds. The first kappa shape index (κ1) is 15.0. The molecule has 1 saturated carbocycles. The summed E-state index contributed by atoms with van der Waals surface area (Å²) in [6.45, 7) is 7.67. The fourth-order valence-electron chi connectivity index (χ4n) is 1.47. The van der Waals surface area contributed by atoms with Gasteiger partial charge < -0.3 is 15.7 Å². The number of aliphatic hydroxyl groups is 1. The van der Waals surface area contributed by atoms with E-state index in [2.05, 4.69) is 10.6 Å². The van der Waals surface area contributed by atoms with E-state index in [9.17, 15) is 9.59 Å². The lowest BCUT2D eigenvalue weighted by Crippen LogP contribution is -2.49. The van der Waals surface area contributed by atoms with Crippen LogP contribution >= 0.6 is 0 Å². The summed E-state index contributed by atoms with van der Waals surface area (Å²) in [4.78, 5) is 23.5. The highest BCUT2D eigenvalue weighted by molar-refractivity contribution is 5.89. The van der Waals surface area contributed by atoms with E-state index in [-0.39, 0.29) is 23.8 Å². The maximum Gasteiger partial charge on any atom is 0.242 e. The van der Waals surface area contributed by atoms with Gasteiger partial charge in [-0.05, 0) is 19.8 Å². The van der Waals surface area contributed by atoms with E-state index in [1.54, 1.807) is 27.7 Å². The lowest BCUT2D eigenvalue weighted by atomic mass is 9.95. The minimum absolute atomic E-state index is 0.107. The first-order valence-electron chi connectivity index (χ1n) is 6.40. The van der Waals surface area contributed by atoms with Crippen molar-refractivity contribution in [1.82, 2.24) is 10.6 Å². The van der Waals surface area contributed by atoms with Gasteiger partial charge >= 0.3 is 0 Å². The van der Waals surface area contributed by atoms with E-state index in [1.165, 1.54) is 0 Å². The smallest absolute Gasteiger partial charge is 0.242 e. The quantitative estimate of drug-likeness (QED) is 0.667. The number of aliphatic hydroxyl groups excluding tert-OH is 1. The zero-order valence-electron chi connectivity index (χ0n) is 11.7. The van der Waals surface area contributed by atoms with Gasteiger partial charge in [-0.1, -0.05) is 20.8 Å². The average Bonchev–Trinajstić information content (AvgIpc) is 3.05. The molecular weight excluding hydrogens is 232 g/mol. The predicted octanol–water partition coefficient (Wildman–Crippen LogP) is 0.426. The van der Waals surface area contributed by atoms with Crippen LogP contribution in [-0.4, -0.2) is 36.1 Å². The molecule has 0 aromatic rings. The van der Waals surface area contributed by atoms with E-state index >= 15 is 0 Å². The Morgan fingerprint density at radius 3 is 2.28 bits per heavy atom. The molecule has 0 heterocycles.